The topological polar surface area (TPSA) is 55.1 Å². The number of rotatable bonds is 3. The second kappa shape index (κ2) is 5.93. The van der Waals surface area contributed by atoms with E-state index < -0.39 is 0 Å². The number of hydrogen-bond donors (Lipinski definition) is 0. The Kier molecular flexibility index (Phi) is 3.63. The summed E-state index contributed by atoms with van der Waals surface area (Å²) in [5, 5.41) is 4.07. The molecule has 3 heterocycles. The molecule has 1 aromatic carbocycles. The highest BCUT2D eigenvalue weighted by Gasteiger charge is 2.25. The number of benzene rings is 1. The van der Waals surface area contributed by atoms with Crippen LogP contribution in [0.1, 0.15) is 30.0 Å². The zero-order valence-corrected chi connectivity index (χ0v) is 13.0. The Morgan fingerprint density at radius 2 is 2.13 bits per heavy atom. The molecule has 23 heavy (non-hydrogen) atoms. The molecule has 0 radical (unpaired) electrons. The molecule has 2 aromatic heterocycles. The molecule has 1 aliphatic rings. The van der Waals surface area contributed by atoms with Crippen LogP contribution < -0.4 is 0 Å². The van der Waals surface area contributed by atoms with Gasteiger partial charge in [-0.3, -0.25) is 9.88 Å². The summed E-state index contributed by atoms with van der Waals surface area (Å²) < 4.78 is 5.43. The lowest BCUT2D eigenvalue weighted by molar-refractivity contribution is 0.165. The zero-order valence-electron chi connectivity index (χ0n) is 13.0. The zero-order chi connectivity index (χ0) is 15.6. The maximum Gasteiger partial charge on any atom is 0.241 e. The van der Waals surface area contributed by atoms with Crippen molar-refractivity contribution in [3.8, 4) is 11.4 Å². The normalized spacial score (nSPS) is 17.9. The van der Waals surface area contributed by atoms with Crippen molar-refractivity contribution in [3.05, 3.63) is 65.8 Å². The molecule has 0 N–H and O–H groups in total. The van der Waals surface area contributed by atoms with Crippen LogP contribution in [0.5, 0.6) is 0 Å². The van der Waals surface area contributed by atoms with Crippen LogP contribution in [0.2, 0.25) is 0 Å². The van der Waals surface area contributed by atoms with E-state index in [1.165, 1.54) is 11.1 Å². The van der Waals surface area contributed by atoms with Crippen molar-refractivity contribution in [2.45, 2.75) is 25.9 Å². The summed E-state index contributed by atoms with van der Waals surface area (Å²) in [4.78, 5) is 11.0. The lowest BCUT2D eigenvalue weighted by Gasteiger charge is -2.34. The fourth-order valence-electron chi connectivity index (χ4n) is 3.14. The first-order valence-corrected chi connectivity index (χ1v) is 7.86. The highest BCUT2D eigenvalue weighted by atomic mass is 16.5. The quantitative estimate of drug-likeness (QED) is 0.743. The minimum atomic E-state index is 0.355. The van der Waals surface area contributed by atoms with Crippen molar-refractivity contribution < 1.29 is 4.52 Å². The first-order chi connectivity index (χ1) is 11.3. The molecule has 1 unspecified atom stereocenters. The lowest BCUT2D eigenvalue weighted by Crippen LogP contribution is -2.33. The monoisotopic (exact) mass is 306 g/mol. The summed E-state index contributed by atoms with van der Waals surface area (Å²) in [6.45, 7) is 3.90. The molecule has 116 valence electrons. The maximum absolute atomic E-state index is 5.43. The van der Waals surface area contributed by atoms with E-state index in [4.69, 9.17) is 4.52 Å². The Morgan fingerprint density at radius 1 is 1.22 bits per heavy atom. The molecule has 0 bridgehead atoms. The summed E-state index contributed by atoms with van der Waals surface area (Å²) in [6.07, 6.45) is 4.54. The average Bonchev–Trinajstić information content (AvgIpc) is 3.07. The molecule has 0 saturated carbocycles. The van der Waals surface area contributed by atoms with Crippen molar-refractivity contribution in [2.75, 3.05) is 6.54 Å². The van der Waals surface area contributed by atoms with Gasteiger partial charge in [-0.25, -0.2) is 0 Å². The summed E-state index contributed by atoms with van der Waals surface area (Å²) >= 11 is 0. The smallest absolute Gasteiger partial charge is 0.241 e. The molecule has 0 saturated heterocycles. The van der Waals surface area contributed by atoms with Crippen molar-refractivity contribution in [1.82, 2.24) is 20.0 Å². The SMILES string of the molecule is CC1c2ccccc2CCN1Cc1nc(-c2cccnc2)no1. The van der Waals surface area contributed by atoms with E-state index in [2.05, 4.69) is 51.2 Å². The van der Waals surface area contributed by atoms with Crippen LogP contribution in [0, 0.1) is 0 Å². The molecule has 0 fully saturated rings. The van der Waals surface area contributed by atoms with Crippen LogP contribution in [0.25, 0.3) is 11.4 Å². The van der Waals surface area contributed by atoms with E-state index >= 15 is 0 Å². The number of pyridine rings is 1. The molecule has 0 spiro atoms. The van der Waals surface area contributed by atoms with Crippen LogP contribution in [0.15, 0.2) is 53.3 Å². The van der Waals surface area contributed by atoms with Crippen LogP contribution >= 0.6 is 0 Å². The van der Waals surface area contributed by atoms with Gasteiger partial charge in [0.1, 0.15) is 0 Å². The average molecular weight is 306 g/mol. The van der Waals surface area contributed by atoms with Gasteiger partial charge >= 0.3 is 0 Å². The van der Waals surface area contributed by atoms with Gasteiger partial charge in [0, 0.05) is 30.5 Å². The molecule has 5 heteroatoms. The van der Waals surface area contributed by atoms with Gasteiger partial charge in [-0.15, -0.1) is 0 Å². The van der Waals surface area contributed by atoms with Crippen molar-refractivity contribution in [3.63, 3.8) is 0 Å². The Morgan fingerprint density at radius 3 is 3.00 bits per heavy atom. The Bertz CT molecular complexity index is 800. The summed E-state index contributed by atoms with van der Waals surface area (Å²) in [6, 6.07) is 12.8. The van der Waals surface area contributed by atoms with E-state index in [0.717, 1.165) is 18.5 Å². The van der Waals surface area contributed by atoms with Gasteiger partial charge in [-0.2, -0.15) is 4.98 Å². The maximum atomic E-state index is 5.43. The fourth-order valence-corrected chi connectivity index (χ4v) is 3.14. The number of hydrogen-bond acceptors (Lipinski definition) is 5. The second-order valence-electron chi connectivity index (χ2n) is 5.85. The summed E-state index contributed by atoms with van der Waals surface area (Å²) in [7, 11) is 0. The van der Waals surface area contributed by atoms with Crippen LogP contribution in [-0.4, -0.2) is 26.6 Å². The third-order valence-electron chi connectivity index (χ3n) is 4.45. The van der Waals surface area contributed by atoms with Gasteiger partial charge in [0.25, 0.3) is 0 Å². The molecule has 4 rings (SSSR count). The number of aromatic nitrogens is 3. The third-order valence-corrected chi connectivity index (χ3v) is 4.45. The van der Waals surface area contributed by atoms with Gasteiger partial charge < -0.3 is 4.52 Å². The molecule has 1 aliphatic heterocycles. The molecule has 3 aromatic rings. The Labute approximate surface area is 135 Å². The highest BCUT2D eigenvalue weighted by molar-refractivity contribution is 5.51. The van der Waals surface area contributed by atoms with Crippen LogP contribution in [0.4, 0.5) is 0 Å². The van der Waals surface area contributed by atoms with E-state index in [1.807, 2.05) is 12.1 Å². The lowest BCUT2D eigenvalue weighted by atomic mass is 9.94. The van der Waals surface area contributed by atoms with Crippen LogP contribution in [0.3, 0.4) is 0 Å². The largest absolute Gasteiger partial charge is 0.338 e. The molecule has 0 amide bonds. The van der Waals surface area contributed by atoms with Gasteiger partial charge in [0.15, 0.2) is 0 Å². The van der Waals surface area contributed by atoms with E-state index in [1.54, 1.807) is 12.4 Å². The molecule has 1 atom stereocenters. The molecule has 5 nitrogen and oxygen atoms in total. The first-order valence-electron chi connectivity index (χ1n) is 7.86. The predicted molar refractivity (Wildman–Crippen MR) is 86.5 cm³/mol. The standard InChI is InChI=1S/C18H18N4O/c1-13-16-7-3-2-5-14(16)8-10-22(13)12-17-20-18(21-23-17)15-6-4-9-19-11-15/h2-7,9,11,13H,8,10,12H2,1H3. The van der Waals surface area contributed by atoms with E-state index in [0.29, 0.717) is 24.3 Å². The molecular weight excluding hydrogens is 288 g/mol. The highest BCUT2D eigenvalue weighted by Crippen LogP contribution is 2.30. The number of fused-ring (bicyclic) bond motifs is 1. The first kappa shape index (κ1) is 14.1. The van der Waals surface area contributed by atoms with E-state index in [9.17, 15) is 0 Å². The predicted octanol–water partition coefficient (Wildman–Crippen LogP) is 3.25. The van der Waals surface area contributed by atoms with Crippen LogP contribution in [-0.2, 0) is 13.0 Å². The Hall–Kier alpha value is -2.53. The van der Waals surface area contributed by atoms with Gasteiger partial charge in [0.2, 0.25) is 11.7 Å². The van der Waals surface area contributed by atoms with Crippen molar-refractivity contribution in [2.24, 2.45) is 0 Å². The van der Waals surface area contributed by atoms with Crippen molar-refractivity contribution >= 4 is 0 Å². The Balaban J connectivity index is 1.52. The number of nitrogens with zero attached hydrogens (tertiary/aromatic N) is 4. The molecule has 0 aliphatic carbocycles. The molecular formula is C18H18N4O. The van der Waals surface area contributed by atoms with E-state index in [-0.39, 0.29) is 0 Å². The third kappa shape index (κ3) is 2.75. The van der Waals surface area contributed by atoms with Crippen molar-refractivity contribution in [1.29, 1.82) is 0 Å². The van der Waals surface area contributed by atoms with Gasteiger partial charge in [0.05, 0.1) is 6.54 Å². The van der Waals surface area contributed by atoms with Gasteiger partial charge in [-0.05, 0) is 36.6 Å². The minimum absolute atomic E-state index is 0.355. The summed E-state index contributed by atoms with van der Waals surface area (Å²) in [5.41, 5.74) is 3.71. The van der Waals surface area contributed by atoms with Gasteiger partial charge in [-0.1, -0.05) is 29.4 Å². The fraction of sp³-hybridized carbons (Fsp3) is 0.278. The second-order valence-corrected chi connectivity index (χ2v) is 5.85. The summed E-state index contributed by atoms with van der Waals surface area (Å²) in [5.74, 6) is 1.24. The minimum Gasteiger partial charge on any atom is -0.338 e.